The summed E-state index contributed by atoms with van der Waals surface area (Å²) in [6.45, 7) is 2.13. The molecule has 5 heteroatoms. The van der Waals surface area contributed by atoms with Gasteiger partial charge in [-0.2, -0.15) is 0 Å². The molecule has 4 nitrogen and oxygen atoms in total. The molecule has 0 saturated carbocycles. The van der Waals surface area contributed by atoms with Gasteiger partial charge in [0, 0.05) is 17.5 Å². The topological polar surface area (TPSA) is 63.2 Å². The number of carbonyl (C=O) groups is 1. The van der Waals surface area contributed by atoms with Gasteiger partial charge in [0.15, 0.2) is 9.84 Å². The standard InChI is InChI=1S/C18H21NO3S/c1-3-4-14-7-11-17(12-8-14)19-18(20)16-9-5-15(6-10-16)13-23(2,21)22/h5-12H,3-4,13H2,1-2H3,(H,19,20). The van der Waals surface area contributed by atoms with E-state index < -0.39 is 9.84 Å². The molecule has 2 aromatic carbocycles. The quantitative estimate of drug-likeness (QED) is 0.882. The number of hydrogen-bond donors (Lipinski definition) is 1. The Morgan fingerprint density at radius 2 is 1.52 bits per heavy atom. The van der Waals surface area contributed by atoms with Crippen LogP contribution in [0.3, 0.4) is 0 Å². The second kappa shape index (κ2) is 7.42. The first-order valence-corrected chi connectivity index (χ1v) is 9.60. The van der Waals surface area contributed by atoms with Gasteiger partial charge in [-0.25, -0.2) is 8.42 Å². The Kier molecular flexibility index (Phi) is 5.55. The Morgan fingerprint density at radius 1 is 0.957 bits per heavy atom. The Labute approximate surface area is 137 Å². The average molecular weight is 331 g/mol. The van der Waals surface area contributed by atoms with Crippen LogP contribution in [-0.4, -0.2) is 20.6 Å². The molecule has 0 aliphatic carbocycles. The summed E-state index contributed by atoms with van der Waals surface area (Å²) in [5.41, 5.74) is 3.17. The molecular weight excluding hydrogens is 310 g/mol. The second-order valence-corrected chi connectivity index (χ2v) is 7.81. The molecule has 0 saturated heterocycles. The Balaban J connectivity index is 2.02. The van der Waals surface area contributed by atoms with Crippen LogP contribution in [-0.2, 0) is 22.0 Å². The van der Waals surface area contributed by atoms with Crippen molar-refractivity contribution in [2.45, 2.75) is 25.5 Å². The van der Waals surface area contributed by atoms with E-state index in [9.17, 15) is 13.2 Å². The molecule has 0 heterocycles. The minimum Gasteiger partial charge on any atom is -0.322 e. The van der Waals surface area contributed by atoms with E-state index in [1.54, 1.807) is 24.3 Å². The Bertz CT molecular complexity index is 763. The number of carbonyl (C=O) groups excluding carboxylic acids is 1. The molecular formula is C18H21NO3S. The third kappa shape index (κ3) is 5.53. The zero-order chi connectivity index (χ0) is 16.9. The molecule has 0 spiro atoms. The lowest BCUT2D eigenvalue weighted by Gasteiger charge is -2.07. The number of rotatable bonds is 6. The first kappa shape index (κ1) is 17.2. The summed E-state index contributed by atoms with van der Waals surface area (Å²) in [6, 6.07) is 14.4. The highest BCUT2D eigenvalue weighted by molar-refractivity contribution is 7.89. The van der Waals surface area contributed by atoms with Crippen LogP contribution in [0.4, 0.5) is 5.69 Å². The zero-order valence-corrected chi connectivity index (χ0v) is 14.2. The van der Waals surface area contributed by atoms with Crippen molar-refractivity contribution in [1.82, 2.24) is 0 Å². The van der Waals surface area contributed by atoms with Gasteiger partial charge in [-0.1, -0.05) is 37.6 Å². The summed E-state index contributed by atoms with van der Waals surface area (Å²) in [5.74, 6) is -0.229. The lowest BCUT2D eigenvalue weighted by Crippen LogP contribution is -2.12. The second-order valence-electron chi connectivity index (χ2n) is 5.67. The number of sulfone groups is 1. The molecule has 0 unspecified atom stereocenters. The van der Waals surface area contributed by atoms with E-state index in [1.165, 1.54) is 11.8 Å². The maximum absolute atomic E-state index is 12.2. The normalized spacial score (nSPS) is 11.2. The van der Waals surface area contributed by atoms with Crippen molar-refractivity contribution in [2.24, 2.45) is 0 Å². The number of aryl methyl sites for hydroxylation is 1. The first-order valence-electron chi connectivity index (χ1n) is 7.54. The molecule has 122 valence electrons. The number of hydrogen-bond acceptors (Lipinski definition) is 3. The van der Waals surface area contributed by atoms with Gasteiger partial charge in [0.2, 0.25) is 0 Å². The SMILES string of the molecule is CCCc1ccc(NC(=O)c2ccc(CS(C)(=O)=O)cc2)cc1. The van der Waals surface area contributed by atoms with Crippen molar-refractivity contribution < 1.29 is 13.2 Å². The summed E-state index contributed by atoms with van der Waals surface area (Å²) in [4.78, 5) is 12.2. The van der Waals surface area contributed by atoms with Gasteiger partial charge in [-0.3, -0.25) is 4.79 Å². The molecule has 23 heavy (non-hydrogen) atoms. The van der Waals surface area contributed by atoms with Crippen LogP contribution in [0, 0.1) is 0 Å². The van der Waals surface area contributed by atoms with Gasteiger partial charge in [0.1, 0.15) is 0 Å². The van der Waals surface area contributed by atoms with Gasteiger partial charge < -0.3 is 5.32 Å². The molecule has 0 fully saturated rings. The van der Waals surface area contributed by atoms with Crippen molar-refractivity contribution in [1.29, 1.82) is 0 Å². The van der Waals surface area contributed by atoms with Crippen LogP contribution in [0.2, 0.25) is 0 Å². The fraction of sp³-hybridized carbons (Fsp3) is 0.278. The molecule has 0 radical (unpaired) electrons. The molecule has 1 N–H and O–H groups in total. The van der Waals surface area contributed by atoms with E-state index in [2.05, 4.69) is 12.2 Å². The van der Waals surface area contributed by atoms with E-state index in [0.29, 0.717) is 11.1 Å². The van der Waals surface area contributed by atoms with Crippen molar-refractivity contribution in [3.8, 4) is 0 Å². The van der Waals surface area contributed by atoms with E-state index >= 15 is 0 Å². The summed E-state index contributed by atoms with van der Waals surface area (Å²) >= 11 is 0. The third-order valence-electron chi connectivity index (χ3n) is 3.40. The molecule has 0 aliphatic heterocycles. The number of anilines is 1. The van der Waals surface area contributed by atoms with Gasteiger partial charge in [-0.05, 0) is 41.8 Å². The number of nitrogens with one attached hydrogen (secondary N) is 1. The maximum Gasteiger partial charge on any atom is 0.255 e. The summed E-state index contributed by atoms with van der Waals surface area (Å²) in [6.07, 6.45) is 3.30. The van der Waals surface area contributed by atoms with Gasteiger partial charge >= 0.3 is 0 Å². The smallest absolute Gasteiger partial charge is 0.255 e. The van der Waals surface area contributed by atoms with Crippen LogP contribution in [0.15, 0.2) is 48.5 Å². The van der Waals surface area contributed by atoms with E-state index in [0.717, 1.165) is 18.5 Å². The van der Waals surface area contributed by atoms with E-state index in [-0.39, 0.29) is 11.7 Å². The van der Waals surface area contributed by atoms with Gasteiger partial charge in [0.25, 0.3) is 5.91 Å². The fourth-order valence-electron chi connectivity index (χ4n) is 2.30. The van der Waals surface area contributed by atoms with Crippen molar-refractivity contribution in [2.75, 3.05) is 11.6 Å². The third-order valence-corrected chi connectivity index (χ3v) is 4.25. The first-order chi connectivity index (χ1) is 10.9. The van der Waals surface area contributed by atoms with Crippen LogP contribution in [0.5, 0.6) is 0 Å². The molecule has 2 aromatic rings. The predicted octanol–water partition coefficient (Wildman–Crippen LogP) is 3.44. The minimum atomic E-state index is -3.07. The summed E-state index contributed by atoms with van der Waals surface area (Å²) in [7, 11) is -3.07. The van der Waals surface area contributed by atoms with Crippen molar-refractivity contribution in [3.05, 3.63) is 65.2 Å². The molecule has 2 rings (SSSR count). The minimum absolute atomic E-state index is 0.0200. The van der Waals surface area contributed by atoms with Gasteiger partial charge in [0.05, 0.1) is 5.75 Å². The highest BCUT2D eigenvalue weighted by Gasteiger charge is 2.08. The molecule has 0 aromatic heterocycles. The zero-order valence-electron chi connectivity index (χ0n) is 13.4. The van der Waals surface area contributed by atoms with E-state index in [1.807, 2.05) is 24.3 Å². The van der Waals surface area contributed by atoms with Crippen molar-refractivity contribution in [3.63, 3.8) is 0 Å². The molecule has 0 bridgehead atoms. The Morgan fingerprint density at radius 3 is 2.04 bits per heavy atom. The lowest BCUT2D eigenvalue weighted by atomic mass is 10.1. The summed E-state index contributed by atoms with van der Waals surface area (Å²) in [5, 5.41) is 2.84. The van der Waals surface area contributed by atoms with Crippen LogP contribution < -0.4 is 5.32 Å². The van der Waals surface area contributed by atoms with E-state index in [4.69, 9.17) is 0 Å². The summed E-state index contributed by atoms with van der Waals surface area (Å²) < 4.78 is 22.5. The molecule has 0 aliphatic rings. The highest BCUT2D eigenvalue weighted by atomic mass is 32.2. The fourth-order valence-corrected chi connectivity index (χ4v) is 3.10. The van der Waals surface area contributed by atoms with Crippen LogP contribution >= 0.6 is 0 Å². The van der Waals surface area contributed by atoms with Gasteiger partial charge in [-0.15, -0.1) is 0 Å². The molecule has 0 atom stereocenters. The highest BCUT2D eigenvalue weighted by Crippen LogP contribution is 2.14. The maximum atomic E-state index is 12.2. The Hall–Kier alpha value is -2.14. The largest absolute Gasteiger partial charge is 0.322 e. The number of amides is 1. The van der Waals surface area contributed by atoms with Crippen LogP contribution in [0.25, 0.3) is 0 Å². The predicted molar refractivity (Wildman–Crippen MR) is 93.4 cm³/mol. The lowest BCUT2D eigenvalue weighted by molar-refractivity contribution is 0.102. The van der Waals surface area contributed by atoms with Crippen LogP contribution in [0.1, 0.15) is 34.8 Å². The monoisotopic (exact) mass is 331 g/mol. The molecule has 1 amide bonds. The average Bonchev–Trinajstić information content (AvgIpc) is 2.48. The number of benzene rings is 2. The van der Waals surface area contributed by atoms with Crippen molar-refractivity contribution >= 4 is 21.4 Å².